The quantitative estimate of drug-likeness (QED) is 0.537. The van der Waals surface area contributed by atoms with E-state index in [-0.39, 0.29) is 5.43 Å². The summed E-state index contributed by atoms with van der Waals surface area (Å²) in [6, 6.07) is 9.62. The highest BCUT2D eigenvalue weighted by atomic mass is 16.1. The Kier molecular flexibility index (Phi) is 5.79. The third-order valence-electron chi connectivity index (χ3n) is 3.95. The van der Waals surface area contributed by atoms with Gasteiger partial charge in [-0.1, -0.05) is 44.1 Å². The van der Waals surface area contributed by atoms with Crippen LogP contribution in [0.15, 0.2) is 47.3 Å². The number of unbranched alkanes of at least 4 members (excludes halogenated alkanes) is 3. The molecule has 1 heterocycles. The van der Waals surface area contributed by atoms with E-state index in [1.165, 1.54) is 19.3 Å². The van der Waals surface area contributed by atoms with Crippen molar-refractivity contribution in [1.29, 1.82) is 0 Å². The SMILES string of the molecule is CCCC/C=C\CCCc1cc(=O)c2ccccc2n1C. The summed E-state index contributed by atoms with van der Waals surface area (Å²) in [7, 11) is 2.05. The molecule has 0 unspecified atom stereocenters. The summed E-state index contributed by atoms with van der Waals surface area (Å²) in [5.41, 5.74) is 2.29. The first-order valence-corrected chi connectivity index (χ1v) is 7.96. The zero-order chi connectivity index (χ0) is 15.1. The molecule has 2 rings (SSSR count). The van der Waals surface area contributed by atoms with Gasteiger partial charge in [0, 0.05) is 24.2 Å². The van der Waals surface area contributed by atoms with Crippen molar-refractivity contribution in [2.24, 2.45) is 7.05 Å². The molecule has 1 aromatic heterocycles. The third-order valence-corrected chi connectivity index (χ3v) is 3.95. The van der Waals surface area contributed by atoms with Crippen molar-refractivity contribution in [3.8, 4) is 0 Å². The molecule has 0 aliphatic carbocycles. The van der Waals surface area contributed by atoms with Crippen LogP contribution in [0.3, 0.4) is 0 Å². The summed E-state index contributed by atoms with van der Waals surface area (Å²) in [5, 5.41) is 0.809. The molecule has 0 atom stereocenters. The maximum atomic E-state index is 12.1. The van der Waals surface area contributed by atoms with Crippen LogP contribution >= 0.6 is 0 Å². The fourth-order valence-electron chi connectivity index (χ4n) is 2.65. The first kappa shape index (κ1) is 15.6. The first-order valence-electron chi connectivity index (χ1n) is 7.96. The van der Waals surface area contributed by atoms with Gasteiger partial charge in [0.1, 0.15) is 0 Å². The van der Waals surface area contributed by atoms with E-state index in [0.29, 0.717) is 0 Å². The highest BCUT2D eigenvalue weighted by Crippen LogP contribution is 2.13. The van der Waals surface area contributed by atoms with Crippen LogP contribution < -0.4 is 5.43 Å². The molecule has 0 amide bonds. The number of aryl methyl sites for hydroxylation is 2. The predicted octanol–water partition coefficient (Wildman–Crippen LogP) is 4.61. The number of para-hydroxylation sites is 1. The van der Waals surface area contributed by atoms with Gasteiger partial charge in [-0.25, -0.2) is 0 Å². The number of fused-ring (bicyclic) bond motifs is 1. The lowest BCUT2D eigenvalue weighted by molar-refractivity contribution is 0.755. The van der Waals surface area contributed by atoms with E-state index in [9.17, 15) is 4.79 Å². The highest BCUT2D eigenvalue weighted by molar-refractivity contribution is 5.79. The van der Waals surface area contributed by atoms with Crippen LogP contribution in [0.4, 0.5) is 0 Å². The molecular formula is C19H25NO. The highest BCUT2D eigenvalue weighted by Gasteiger charge is 2.05. The Balaban J connectivity index is 2.01. The second-order valence-corrected chi connectivity index (χ2v) is 5.58. The lowest BCUT2D eigenvalue weighted by Crippen LogP contribution is -2.11. The molecule has 0 spiro atoms. The molecule has 0 radical (unpaired) electrons. The number of hydrogen-bond acceptors (Lipinski definition) is 1. The maximum Gasteiger partial charge on any atom is 0.189 e. The van der Waals surface area contributed by atoms with Gasteiger partial charge in [-0.15, -0.1) is 0 Å². The Labute approximate surface area is 127 Å². The Hall–Kier alpha value is -1.83. The molecule has 2 nitrogen and oxygen atoms in total. The lowest BCUT2D eigenvalue weighted by atomic mass is 10.1. The van der Waals surface area contributed by atoms with E-state index >= 15 is 0 Å². The molecule has 0 saturated carbocycles. The number of benzene rings is 1. The average molecular weight is 283 g/mol. The standard InChI is InChI=1S/C19H25NO/c1-3-4-5-6-7-8-9-12-16-15-19(21)17-13-10-11-14-18(17)20(16)2/h6-7,10-11,13-15H,3-5,8-9,12H2,1-2H3/b7-6-. The fraction of sp³-hybridized carbons (Fsp3) is 0.421. The van der Waals surface area contributed by atoms with Crippen LogP contribution in [-0.4, -0.2) is 4.57 Å². The maximum absolute atomic E-state index is 12.1. The molecule has 112 valence electrons. The predicted molar refractivity (Wildman–Crippen MR) is 90.8 cm³/mol. The number of pyridine rings is 1. The molecule has 0 saturated heterocycles. The van der Waals surface area contributed by atoms with E-state index in [4.69, 9.17) is 0 Å². The minimum atomic E-state index is 0.136. The summed E-state index contributed by atoms with van der Waals surface area (Å²) in [4.78, 5) is 12.1. The molecule has 1 aromatic carbocycles. The third kappa shape index (κ3) is 4.07. The second kappa shape index (κ2) is 7.82. The normalized spacial score (nSPS) is 11.5. The molecule has 0 fully saturated rings. The summed E-state index contributed by atoms with van der Waals surface area (Å²) < 4.78 is 2.15. The second-order valence-electron chi connectivity index (χ2n) is 5.58. The summed E-state index contributed by atoms with van der Waals surface area (Å²) >= 11 is 0. The molecule has 0 bridgehead atoms. The van der Waals surface area contributed by atoms with Crippen LogP contribution in [0.2, 0.25) is 0 Å². The number of aromatic nitrogens is 1. The Morgan fingerprint density at radius 3 is 2.57 bits per heavy atom. The van der Waals surface area contributed by atoms with E-state index < -0.39 is 0 Å². The van der Waals surface area contributed by atoms with Crippen LogP contribution in [0.5, 0.6) is 0 Å². The summed E-state index contributed by atoms with van der Waals surface area (Å²) in [5.74, 6) is 0. The summed E-state index contributed by atoms with van der Waals surface area (Å²) in [6.45, 7) is 2.22. The number of rotatable bonds is 7. The van der Waals surface area contributed by atoms with Gasteiger partial charge < -0.3 is 4.57 Å². The minimum Gasteiger partial charge on any atom is -0.347 e. The summed E-state index contributed by atoms with van der Waals surface area (Å²) in [6.07, 6.45) is 11.4. The van der Waals surface area contributed by atoms with Gasteiger partial charge in [-0.05, 0) is 37.8 Å². The van der Waals surface area contributed by atoms with Crippen molar-refractivity contribution < 1.29 is 0 Å². The zero-order valence-corrected chi connectivity index (χ0v) is 13.1. The van der Waals surface area contributed by atoms with Gasteiger partial charge in [-0.3, -0.25) is 4.79 Å². The van der Waals surface area contributed by atoms with Crippen molar-refractivity contribution in [3.63, 3.8) is 0 Å². The molecule has 0 aliphatic rings. The first-order chi connectivity index (χ1) is 10.2. The van der Waals surface area contributed by atoms with E-state index in [1.54, 1.807) is 6.07 Å². The van der Waals surface area contributed by atoms with E-state index in [2.05, 4.69) is 23.6 Å². The van der Waals surface area contributed by atoms with Crippen molar-refractivity contribution in [1.82, 2.24) is 4.57 Å². The number of hydrogen-bond donors (Lipinski definition) is 0. The van der Waals surface area contributed by atoms with Crippen molar-refractivity contribution in [3.05, 3.63) is 58.4 Å². The topological polar surface area (TPSA) is 22.0 Å². The van der Waals surface area contributed by atoms with Crippen molar-refractivity contribution in [2.75, 3.05) is 0 Å². The fourth-order valence-corrected chi connectivity index (χ4v) is 2.65. The lowest BCUT2D eigenvalue weighted by Gasteiger charge is -2.11. The minimum absolute atomic E-state index is 0.136. The Morgan fingerprint density at radius 2 is 1.81 bits per heavy atom. The van der Waals surface area contributed by atoms with Gasteiger partial charge in [0.05, 0.1) is 5.52 Å². The van der Waals surface area contributed by atoms with Crippen LogP contribution in [0.1, 0.15) is 44.7 Å². The molecule has 0 aliphatic heterocycles. The molecule has 2 aromatic rings. The van der Waals surface area contributed by atoms with Crippen LogP contribution in [0.25, 0.3) is 10.9 Å². The monoisotopic (exact) mass is 283 g/mol. The van der Waals surface area contributed by atoms with Gasteiger partial charge >= 0.3 is 0 Å². The molecule has 0 N–H and O–H groups in total. The van der Waals surface area contributed by atoms with Crippen LogP contribution in [0, 0.1) is 0 Å². The number of allylic oxidation sites excluding steroid dienone is 2. The van der Waals surface area contributed by atoms with Crippen molar-refractivity contribution >= 4 is 10.9 Å². The molecular weight excluding hydrogens is 258 g/mol. The van der Waals surface area contributed by atoms with E-state index in [0.717, 1.165) is 35.9 Å². The molecule has 2 heteroatoms. The Bertz CT molecular complexity index is 667. The van der Waals surface area contributed by atoms with E-state index in [1.807, 2.05) is 31.3 Å². The van der Waals surface area contributed by atoms with Gasteiger partial charge in [-0.2, -0.15) is 0 Å². The van der Waals surface area contributed by atoms with Gasteiger partial charge in [0.15, 0.2) is 5.43 Å². The number of nitrogens with zero attached hydrogens (tertiary/aromatic N) is 1. The molecule has 21 heavy (non-hydrogen) atoms. The van der Waals surface area contributed by atoms with Gasteiger partial charge in [0.2, 0.25) is 0 Å². The van der Waals surface area contributed by atoms with Gasteiger partial charge in [0.25, 0.3) is 0 Å². The largest absolute Gasteiger partial charge is 0.347 e. The Morgan fingerprint density at radius 1 is 1.10 bits per heavy atom. The zero-order valence-electron chi connectivity index (χ0n) is 13.1. The smallest absolute Gasteiger partial charge is 0.189 e. The van der Waals surface area contributed by atoms with Crippen molar-refractivity contribution in [2.45, 2.75) is 45.4 Å². The average Bonchev–Trinajstić information content (AvgIpc) is 2.51. The van der Waals surface area contributed by atoms with Crippen LogP contribution in [-0.2, 0) is 13.5 Å².